The standard InChI is InChI=1S/C19H17N3O3/c23-19(10-14-12-20-16-4-2-1-3-15(14)16)22-21-11-13-5-6-17-18(9-13)25-8-7-24-17/h1-6,9,11-12,20H,7-8,10H2,(H,22,23)/b21-11+. The number of hydrogen-bond acceptors (Lipinski definition) is 4. The van der Waals surface area contributed by atoms with Gasteiger partial charge in [0.25, 0.3) is 0 Å². The van der Waals surface area contributed by atoms with E-state index >= 15 is 0 Å². The van der Waals surface area contributed by atoms with E-state index in [1.165, 1.54) is 0 Å². The molecular formula is C19H17N3O3. The molecule has 0 saturated heterocycles. The second-order valence-electron chi connectivity index (χ2n) is 5.73. The van der Waals surface area contributed by atoms with E-state index in [9.17, 15) is 4.79 Å². The first-order chi connectivity index (χ1) is 12.3. The van der Waals surface area contributed by atoms with Crippen LogP contribution in [0.2, 0.25) is 0 Å². The summed E-state index contributed by atoms with van der Waals surface area (Å²) < 4.78 is 11.0. The van der Waals surface area contributed by atoms with Gasteiger partial charge in [0.15, 0.2) is 11.5 Å². The fraction of sp³-hybridized carbons (Fsp3) is 0.158. The molecule has 0 atom stereocenters. The first-order valence-electron chi connectivity index (χ1n) is 8.06. The molecule has 2 N–H and O–H groups in total. The van der Waals surface area contributed by atoms with Crippen molar-refractivity contribution in [3.05, 3.63) is 59.8 Å². The number of carbonyl (C=O) groups excluding carboxylic acids is 1. The molecule has 1 aliphatic heterocycles. The minimum absolute atomic E-state index is 0.168. The molecule has 6 nitrogen and oxygen atoms in total. The lowest BCUT2D eigenvalue weighted by atomic mass is 10.1. The van der Waals surface area contributed by atoms with Gasteiger partial charge in [0, 0.05) is 17.1 Å². The number of H-pyrrole nitrogens is 1. The van der Waals surface area contributed by atoms with E-state index < -0.39 is 0 Å². The molecule has 0 bridgehead atoms. The Morgan fingerprint density at radius 2 is 2.00 bits per heavy atom. The molecule has 1 amide bonds. The van der Waals surface area contributed by atoms with Gasteiger partial charge in [0.05, 0.1) is 12.6 Å². The molecule has 1 aliphatic rings. The predicted octanol–water partition coefficient (Wildman–Crippen LogP) is 2.63. The Bertz CT molecular complexity index is 946. The van der Waals surface area contributed by atoms with Crippen LogP contribution in [0.15, 0.2) is 53.8 Å². The number of hydrazone groups is 1. The first-order valence-corrected chi connectivity index (χ1v) is 8.06. The summed E-state index contributed by atoms with van der Waals surface area (Å²) in [6.45, 7) is 1.10. The summed E-state index contributed by atoms with van der Waals surface area (Å²) in [5, 5.41) is 5.07. The number of nitrogens with one attached hydrogen (secondary N) is 2. The molecule has 1 aromatic heterocycles. The van der Waals surface area contributed by atoms with Crippen molar-refractivity contribution < 1.29 is 14.3 Å². The van der Waals surface area contributed by atoms with Crippen LogP contribution in [0.25, 0.3) is 10.9 Å². The molecule has 0 aliphatic carbocycles. The maximum Gasteiger partial charge on any atom is 0.244 e. The number of carbonyl (C=O) groups is 1. The maximum atomic E-state index is 12.1. The monoisotopic (exact) mass is 335 g/mol. The number of fused-ring (bicyclic) bond motifs is 2. The van der Waals surface area contributed by atoms with Gasteiger partial charge in [-0.3, -0.25) is 4.79 Å². The normalized spacial score (nSPS) is 13.3. The van der Waals surface area contributed by atoms with Gasteiger partial charge in [-0.1, -0.05) is 18.2 Å². The molecule has 3 aromatic rings. The lowest BCUT2D eigenvalue weighted by Crippen LogP contribution is -2.19. The highest BCUT2D eigenvalue weighted by molar-refractivity contribution is 5.89. The van der Waals surface area contributed by atoms with Gasteiger partial charge in [-0.15, -0.1) is 0 Å². The van der Waals surface area contributed by atoms with Gasteiger partial charge in [0.2, 0.25) is 5.91 Å². The molecular weight excluding hydrogens is 318 g/mol. The zero-order valence-corrected chi connectivity index (χ0v) is 13.5. The summed E-state index contributed by atoms with van der Waals surface area (Å²) in [6, 6.07) is 13.4. The molecule has 25 heavy (non-hydrogen) atoms. The fourth-order valence-electron chi connectivity index (χ4n) is 2.81. The number of ether oxygens (including phenoxy) is 2. The predicted molar refractivity (Wildman–Crippen MR) is 95.2 cm³/mol. The Balaban J connectivity index is 1.39. The van der Waals surface area contributed by atoms with Gasteiger partial charge >= 0.3 is 0 Å². The van der Waals surface area contributed by atoms with Crippen molar-refractivity contribution in [2.45, 2.75) is 6.42 Å². The Kier molecular flexibility index (Phi) is 4.08. The molecule has 126 valence electrons. The topological polar surface area (TPSA) is 75.7 Å². The lowest BCUT2D eigenvalue weighted by Gasteiger charge is -2.18. The van der Waals surface area contributed by atoms with Crippen molar-refractivity contribution in [2.75, 3.05) is 13.2 Å². The van der Waals surface area contributed by atoms with E-state index in [-0.39, 0.29) is 12.3 Å². The van der Waals surface area contributed by atoms with E-state index in [0.29, 0.717) is 19.0 Å². The number of nitrogens with zero attached hydrogens (tertiary/aromatic N) is 1. The molecule has 0 spiro atoms. The number of aromatic amines is 1. The molecule has 6 heteroatoms. The molecule has 0 radical (unpaired) electrons. The van der Waals surface area contributed by atoms with Crippen LogP contribution in [-0.2, 0) is 11.2 Å². The summed E-state index contributed by atoms with van der Waals surface area (Å²) in [6.07, 6.45) is 3.71. The highest BCUT2D eigenvalue weighted by Crippen LogP contribution is 2.30. The third kappa shape index (κ3) is 3.33. The van der Waals surface area contributed by atoms with Gasteiger partial charge in [-0.05, 0) is 35.4 Å². The molecule has 0 unspecified atom stereocenters. The minimum atomic E-state index is -0.168. The third-order valence-corrected chi connectivity index (χ3v) is 4.00. The van der Waals surface area contributed by atoms with Crippen molar-refractivity contribution in [1.82, 2.24) is 10.4 Å². The number of amides is 1. The van der Waals surface area contributed by atoms with Crippen LogP contribution in [0.4, 0.5) is 0 Å². The van der Waals surface area contributed by atoms with E-state index in [1.807, 2.05) is 48.7 Å². The van der Waals surface area contributed by atoms with Crippen LogP contribution in [0.5, 0.6) is 11.5 Å². The zero-order chi connectivity index (χ0) is 17.1. The molecule has 4 rings (SSSR count). The third-order valence-electron chi connectivity index (χ3n) is 4.00. The van der Waals surface area contributed by atoms with E-state index in [2.05, 4.69) is 15.5 Å². The van der Waals surface area contributed by atoms with Crippen LogP contribution >= 0.6 is 0 Å². The van der Waals surface area contributed by atoms with Crippen molar-refractivity contribution >= 4 is 23.0 Å². The Morgan fingerprint density at radius 1 is 1.16 bits per heavy atom. The van der Waals surface area contributed by atoms with Crippen LogP contribution in [0, 0.1) is 0 Å². The van der Waals surface area contributed by atoms with E-state index in [1.54, 1.807) is 6.21 Å². The maximum absolute atomic E-state index is 12.1. The average molecular weight is 335 g/mol. The SMILES string of the molecule is O=C(Cc1c[nH]c2ccccc12)N/N=C/c1ccc2c(c1)OCCO2. The van der Waals surface area contributed by atoms with Gasteiger partial charge in [-0.2, -0.15) is 5.10 Å². The summed E-state index contributed by atoms with van der Waals surface area (Å²) in [7, 11) is 0. The Hall–Kier alpha value is -3.28. The van der Waals surface area contributed by atoms with E-state index in [4.69, 9.17) is 9.47 Å². The Labute approximate surface area is 144 Å². The largest absolute Gasteiger partial charge is 0.486 e. The number of hydrogen-bond donors (Lipinski definition) is 2. The lowest BCUT2D eigenvalue weighted by molar-refractivity contribution is -0.120. The Morgan fingerprint density at radius 3 is 2.92 bits per heavy atom. The van der Waals surface area contributed by atoms with Crippen molar-refractivity contribution in [2.24, 2.45) is 5.10 Å². The summed E-state index contributed by atoms with van der Waals surface area (Å²) in [5.74, 6) is 1.26. The van der Waals surface area contributed by atoms with Gasteiger partial charge < -0.3 is 14.5 Å². The van der Waals surface area contributed by atoms with Gasteiger partial charge in [0.1, 0.15) is 13.2 Å². The number of benzene rings is 2. The molecule has 2 heterocycles. The van der Waals surface area contributed by atoms with Crippen LogP contribution in [0.3, 0.4) is 0 Å². The molecule has 0 fully saturated rings. The summed E-state index contributed by atoms with van der Waals surface area (Å²) in [5.41, 5.74) is 5.35. The number of rotatable bonds is 4. The second-order valence-corrected chi connectivity index (χ2v) is 5.73. The molecule has 0 saturated carbocycles. The van der Waals surface area contributed by atoms with Gasteiger partial charge in [-0.25, -0.2) is 5.43 Å². The highest BCUT2D eigenvalue weighted by atomic mass is 16.6. The molecule has 2 aromatic carbocycles. The minimum Gasteiger partial charge on any atom is -0.486 e. The number of aromatic nitrogens is 1. The fourth-order valence-corrected chi connectivity index (χ4v) is 2.81. The first kappa shape index (κ1) is 15.3. The second kappa shape index (κ2) is 6.68. The number of para-hydroxylation sites is 1. The smallest absolute Gasteiger partial charge is 0.244 e. The van der Waals surface area contributed by atoms with Crippen molar-refractivity contribution in [3.8, 4) is 11.5 Å². The van der Waals surface area contributed by atoms with Crippen LogP contribution in [-0.4, -0.2) is 30.3 Å². The summed E-state index contributed by atoms with van der Waals surface area (Å²) in [4.78, 5) is 15.3. The summed E-state index contributed by atoms with van der Waals surface area (Å²) >= 11 is 0. The average Bonchev–Trinajstić information content (AvgIpc) is 3.05. The van der Waals surface area contributed by atoms with Crippen LogP contribution < -0.4 is 14.9 Å². The highest BCUT2D eigenvalue weighted by Gasteiger charge is 2.11. The van der Waals surface area contributed by atoms with Crippen LogP contribution in [0.1, 0.15) is 11.1 Å². The van der Waals surface area contributed by atoms with Crippen molar-refractivity contribution in [1.29, 1.82) is 0 Å². The quantitative estimate of drug-likeness (QED) is 0.568. The zero-order valence-electron chi connectivity index (χ0n) is 13.5. The van der Waals surface area contributed by atoms with E-state index in [0.717, 1.165) is 27.8 Å². The van der Waals surface area contributed by atoms with Crippen molar-refractivity contribution in [3.63, 3.8) is 0 Å².